The fourth-order valence-corrected chi connectivity index (χ4v) is 1.92. The summed E-state index contributed by atoms with van der Waals surface area (Å²) in [6, 6.07) is 5.75. The van der Waals surface area contributed by atoms with Gasteiger partial charge in [-0.15, -0.1) is 0 Å². The van der Waals surface area contributed by atoms with Crippen LogP contribution in [-0.4, -0.2) is 25.9 Å². The summed E-state index contributed by atoms with van der Waals surface area (Å²) in [6.07, 6.45) is 1.72. The van der Waals surface area contributed by atoms with Gasteiger partial charge >= 0.3 is 0 Å². The molecular weight excluding hydrogens is 250 g/mol. The zero-order chi connectivity index (χ0) is 13.5. The first-order valence-corrected chi connectivity index (χ1v) is 6.60. The van der Waals surface area contributed by atoms with Gasteiger partial charge in [-0.05, 0) is 44.0 Å². The summed E-state index contributed by atoms with van der Waals surface area (Å²) in [4.78, 5) is 0. The zero-order valence-electron chi connectivity index (χ0n) is 11.3. The van der Waals surface area contributed by atoms with Crippen molar-refractivity contribution in [1.82, 2.24) is 0 Å². The highest BCUT2D eigenvalue weighted by atomic mass is 35.5. The van der Waals surface area contributed by atoms with Crippen LogP contribution in [0.25, 0.3) is 0 Å². The molecule has 0 aliphatic heterocycles. The molecule has 4 heteroatoms. The molecule has 0 spiro atoms. The maximum absolute atomic E-state index is 6.00. The minimum absolute atomic E-state index is 0.0834. The molecule has 1 aromatic rings. The van der Waals surface area contributed by atoms with Crippen LogP contribution in [-0.2, 0) is 11.2 Å². The van der Waals surface area contributed by atoms with Gasteiger partial charge in [0.25, 0.3) is 0 Å². The van der Waals surface area contributed by atoms with Gasteiger partial charge in [0.05, 0.1) is 6.10 Å². The summed E-state index contributed by atoms with van der Waals surface area (Å²) < 4.78 is 11.0. The topological polar surface area (TPSA) is 44.5 Å². The highest BCUT2D eigenvalue weighted by molar-refractivity contribution is 6.30. The first kappa shape index (κ1) is 15.3. The van der Waals surface area contributed by atoms with Crippen molar-refractivity contribution in [3.05, 3.63) is 28.8 Å². The average Bonchev–Trinajstić information content (AvgIpc) is 2.29. The maximum atomic E-state index is 6.00. The molecule has 0 aliphatic rings. The summed E-state index contributed by atoms with van der Waals surface area (Å²) in [6.45, 7) is 4.69. The molecule has 0 heterocycles. The lowest BCUT2D eigenvalue weighted by Crippen LogP contribution is -2.20. The molecule has 2 unspecified atom stereocenters. The van der Waals surface area contributed by atoms with E-state index in [1.807, 2.05) is 32.0 Å². The van der Waals surface area contributed by atoms with E-state index in [1.165, 1.54) is 0 Å². The van der Waals surface area contributed by atoms with Gasteiger partial charge < -0.3 is 15.2 Å². The van der Waals surface area contributed by atoms with E-state index in [0.29, 0.717) is 11.6 Å². The van der Waals surface area contributed by atoms with Crippen LogP contribution in [0.2, 0.25) is 5.02 Å². The van der Waals surface area contributed by atoms with Crippen LogP contribution in [0, 0.1) is 0 Å². The van der Waals surface area contributed by atoms with Crippen LogP contribution in [0.4, 0.5) is 0 Å². The Morgan fingerprint density at radius 3 is 2.67 bits per heavy atom. The molecule has 1 aromatic carbocycles. The number of halogens is 1. The minimum atomic E-state index is 0.0834. The molecule has 0 bridgehead atoms. The lowest BCUT2D eigenvalue weighted by atomic mass is 10.1. The molecular formula is C14H22ClNO2. The van der Waals surface area contributed by atoms with Gasteiger partial charge in [0, 0.05) is 31.2 Å². The van der Waals surface area contributed by atoms with Crippen LogP contribution < -0.4 is 10.5 Å². The molecule has 3 nitrogen and oxygen atoms in total. The van der Waals surface area contributed by atoms with Gasteiger partial charge in [0.2, 0.25) is 0 Å². The lowest BCUT2D eigenvalue weighted by molar-refractivity contribution is 0.134. The third-order valence-corrected chi connectivity index (χ3v) is 2.86. The normalized spacial score (nSPS) is 14.3. The molecule has 0 aromatic heterocycles. The largest absolute Gasteiger partial charge is 0.490 e. The van der Waals surface area contributed by atoms with Crippen LogP contribution >= 0.6 is 11.6 Å². The molecule has 0 radical (unpaired) electrons. The summed E-state index contributed by atoms with van der Waals surface area (Å²) in [5.74, 6) is 0.861. The lowest BCUT2D eigenvalue weighted by Gasteiger charge is -2.18. The number of benzene rings is 1. The van der Waals surface area contributed by atoms with Gasteiger partial charge in [-0.25, -0.2) is 0 Å². The van der Waals surface area contributed by atoms with E-state index in [4.69, 9.17) is 26.8 Å². The molecule has 0 saturated carbocycles. The Kier molecular flexibility index (Phi) is 6.47. The van der Waals surface area contributed by atoms with Crippen molar-refractivity contribution in [2.75, 3.05) is 13.7 Å². The summed E-state index contributed by atoms with van der Waals surface area (Å²) in [5.41, 5.74) is 6.89. The van der Waals surface area contributed by atoms with E-state index < -0.39 is 0 Å². The van der Waals surface area contributed by atoms with Crippen molar-refractivity contribution in [2.24, 2.45) is 5.73 Å². The zero-order valence-corrected chi connectivity index (χ0v) is 12.0. The second-order valence-corrected chi connectivity index (χ2v) is 5.08. The Morgan fingerprint density at radius 1 is 1.33 bits per heavy atom. The van der Waals surface area contributed by atoms with Crippen molar-refractivity contribution in [3.8, 4) is 5.75 Å². The molecule has 102 valence electrons. The maximum Gasteiger partial charge on any atom is 0.123 e. The Labute approximate surface area is 114 Å². The summed E-state index contributed by atoms with van der Waals surface area (Å²) in [5, 5.41) is 0.711. The molecule has 0 aliphatic carbocycles. The molecule has 18 heavy (non-hydrogen) atoms. The molecule has 0 amide bonds. The Morgan fingerprint density at radius 2 is 2.06 bits per heavy atom. The summed E-state index contributed by atoms with van der Waals surface area (Å²) >= 11 is 6.00. The van der Waals surface area contributed by atoms with Gasteiger partial charge in [-0.2, -0.15) is 0 Å². The van der Waals surface area contributed by atoms with Crippen LogP contribution in [0.3, 0.4) is 0 Å². The number of rotatable bonds is 7. The monoisotopic (exact) mass is 271 g/mol. The number of methoxy groups -OCH3 is 1. The smallest absolute Gasteiger partial charge is 0.123 e. The number of ether oxygens (including phenoxy) is 2. The second-order valence-electron chi connectivity index (χ2n) is 4.64. The van der Waals surface area contributed by atoms with E-state index in [0.717, 1.165) is 24.2 Å². The molecule has 2 N–H and O–H groups in total. The average molecular weight is 272 g/mol. The third-order valence-electron chi connectivity index (χ3n) is 2.62. The number of hydrogen-bond acceptors (Lipinski definition) is 3. The van der Waals surface area contributed by atoms with Gasteiger partial charge in [0.1, 0.15) is 5.75 Å². The van der Waals surface area contributed by atoms with E-state index in [2.05, 4.69) is 0 Å². The van der Waals surface area contributed by atoms with Crippen molar-refractivity contribution < 1.29 is 9.47 Å². The molecule has 0 fully saturated rings. The summed E-state index contributed by atoms with van der Waals surface area (Å²) in [7, 11) is 1.69. The first-order chi connectivity index (χ1) is 8.52. The highest BCUT2D eigenvalue weighted by Gasteiger charge is 2.10. The molecule has 2 atom stereocenters. The van der Waals surface area contributed by atoms with E-state index in [9.17, 15) is 0 Å². The number of nitrogens with two attached hydrogens (primary N) is 1. The van der Waals surface area contributed by atoms with Crippen LogP contribution in [0.15, 0.2) is 18.2 Å². The van der Waals surface area contributed by atoms with Crippen molar-refractivity contribution in [1.29, 1.82) is 0 Å². The Bertz CT molecular complexity index is 369. The third kappa shape index (κ3) is 5.25. The molecule has 0 saturated heterocycles. The predicted molar refractivity (Wildman–Crippen MR) is 75.4 cm³/mol. The number of hydrogen-bond donors (Lipinski definition) is 1. The van der Waals surface area contributed by atoms with Gasteiger partial charge in [-0.1, -0.05) is 11.6 Å². The fourth-order valence-electron chi connectivity index (χ4n) is 1.73. The van der Waals surface area contributed by atoms with E-state index in [1.54, 1.807) is 7.11 Å². The highest BCUT2D eigenvalue weighted by Crippen LogP contribution is 2.25. The minimum Gasteiger partial charge on any atom is -0.490 e. The van der Waals surface area contributed by atoms with Gasteiger partial charge in [-0.3, -0.25) is 0 Å². The van der Waals surface area contributed by atoms with Crippen LogP contribution in [0.5, 0.6) is 5.75 Å². The van der Waals surface area contributed by atoms with Gasteiger partial charge in [0.15, 0.2) is 0 Å². The Hall–Kier alpha value is -0.770. The SMILES string of the molecule is COCCC(C)Oc1ccc(Cl)cc1CC(C)N. The van der Waals surface area contributed by atoms with E-state index >= 15 is 0 Å². The molecule has 1 rings (SSSR count). The van der Waals surface area contributed by atoms with Crippen molar-refractivity contribution in [3.63, 3.8) is 0 Å². The van der Waals surface area contributed by atoms with Crippen molar-refractivity contribution in [2.45, 2.75) is 38.8 Å². The second kappa shape index (κ2) is 7.62. The predicted octanol–water partition coefficient (Wildman–Crippen LogP) is 3.03. The standard InChI is InChI=1S/C14H22ClNO2/c1-10(16)8-12-9-13(15)4-5-14(12)18-11(2)6-7-17-3/h4-5,9-11H,6-8,16H2,1-3H3. The fraction of sp³-hybridized carbons (Fsp3) is 0.571. The van der Waals surface area contributed by atoms with E-state index in [-0.39, 0.29) is 12.1 Å². The van der Waals surface area contributed by atoms with Crippen LogP contribution in [0.1, 0.15) is 25.8 Å². The quantitative estimate of drug-likeness (QED) is 0.829. The first-order valence-electron chi connectivity index (χ1n) is 6.22. The Balaban J connectivity index is 2.74. The van der Waals surface area contributed by atoms with Crippen molar-refractivity contribution >= 4 is 11.6 Å².